The SMILES string of the molecule is O=[S@](Cc1cc(Cl)cc(Cl)c1)c1nc(Cl)ns1. The van der Waals surface area contributed by atoms with Crippen molar-refractivity contribution < 1.29 is 4.21 Å². The Hall–Kier alpha value is -0.200. The van der Waals surface area contributed by atoms with E-state index in [4.69, 9.17) is 34.8 Å². The molecule has 0 unspecified atom stereocenters. The van der Waals surface area contributed by atoms with Crippen LogP contribution >= 0.6 is 46.3 Å². The predicted octanol–water partition coefficient (Wildman–Crippen LogP) is 3.81. The van der Waals surface area contributed by atoms with Crippen molar-refractivity contribution in [1.82, 2.24) is 9.36 Å². The first-order valence-corrected chi connectivity index (χ1v) is 7.60. The second-order valence-electron chi connectivity index (χ2n) is 3.10. The van der Waals surface area contributed by atoms with Gasteiger partial charge < -0.3 is 0 Å². The van der Waals surface area contributed by atoms with Crippen LogP contribution in [0, 0.1) is 0 Å². The van der Waals surface area contributed by atoms with Gasteiger partial charge in [-0.05, 0) is 46.9 Å². The van der Waals surface area contributed by atoms with Gasteiger partial charge in [-0.1, -0.05) is 23.2 Å². The molecule has 0 amide bonds. The lowest BCUT2D eigenvalue weighted by molar-refractivity contribution is 0.682. The monoisotopic (exact) mass is 326 g/mol. The van der Waals surface area contributed by atoms with Crippen molar-refractivity contribution in [3.8, 4) is 0 Å². The summed E-state index contributed by atoms with van der Waals surface area (Å²) in [7, 11) is -1.29. The molecule has 2 aromatic rings. The molecule has 1 aromatic heterocycles. The molecule has 0 aliphatic carbocycles. The van der Waals surface area contributed by atoms with Gasteiger partial charge >= 0.3 is 0 Å². The van der Waals surface area contributed by atoms with Crippen molar-refractivity contribution in [2.45, 2.75) is 10.1 Å². The Morgan fingerprint density at radius 1 is 1.18 bits per heavy atom. The van der Waals surface area contributed by atoms with Gasteiger partial charge in [0.15, 0.2) is 0 Å². The van der Waals surface area contributed by atoms with Crippen molar-refractivity contribution in [3.05, 3.63) is 39.1 Å². The van der Waals surface area contributed by atoms with Crippen LogP contribution in [0.3, 0.4) is 0 Å². The average molecular weight is 328 g/mol. The number of halogens is 3. The first-order chi connectivity index (χ1) is 8.04. The van der Waals surface area contributed by atoms with Crippen molar-refractivity contribution in [3.63, 3.8) is 0 Å². The summed E-state index contributed by atoms with van der Waals surface area (Å²) >= 11 is 18.3. The Kier molecular flexibility index (Phi) is 4.38. The molecule has 0 aliphatic rings. The Balaban J connectivity index is 2.18. The third kappa shape index (κ3) is 3.63. The van der Waals surface area contributed by atoms with Crippen LogP contribution in [0.25, 0.3) is 0 Å². The summed E-state index contributed by atoms with van der Waals surface area (Å²) in [5.74, 6) is 0.284. The van der Waals surface area contributed by atoms with Crippen molar-refractivity contribution in [2.75, 3.05) is 0 Å². The maximum atomic E-state index is 11.9. The zero-order valence-corrected chi connectivity index (χ0v) is 12.1. The van der Waals surface area contributed by atoms with Gasteiger partial charge in [0.2, 0.25) is 9.62 Å². The number of benzene rings is 1. The Labute approximate surface area is 119 Å². The number of aromatic nitrogens is 2. The van der Waals surface area contributed by atoms with E-state index in [0.29, 0.717) is 14.4 Å². The van der Waals surface area contributed by atoms with Gasteiger partial charge in [-0.3, -0.25) is 4.21 Å². The van der Waals surface area contributed by atoms with E-state index in [0.717, 1.165) is 17.1 Å². The van der Waals surface area contributed by atoms with E-state index >= 15 is 0 Å². The number of rotatable bonds is 3. The summed E-state index contributed by atoms with van der Waals surface area (Å²) < 4.78 is 16.1. The van der Waals surface area contributed by atoms with Crippen molar-refractivity contribution >= 4 is 57.1 Å². The second-order valence-corrected chi connectivity index (χ2v) is 6.68. The van der Waals surface area contributed by atoms with Crippen LogP contribution < -0.4 is 0 Å². The van der Waals surface area contributed by atoms with E-state index in [9.17, 15) is 4.21 Å². The molecule has 0 saturated carbocycles. The standard InChI is InChI=1S/C9H5Cl3N2OS2/c10-6-1-5(2-7(11)3-6)4-17(15)9-13-8(12)14-16-9/h1-3H,4H2/t17-/m1/s1. The highest BCUT2D eigenvalue weighted by Gasteiger charge is 2.11. The first-order valence-electron chi connectivity index (χ1n) is 4.37. The van der Waals surface area contributed by atoms with Crippen LogP contribution in [0.15, 0.2) is 22.5 Å². The predicted molar refractivity (Wildman–Crippen MR) is 71.5 cm³/mol. The molecule has 0 saturated heterocycles. The molecular formula is C9H5Cl3N2OS2. The molecule has 90 valence electrons. The minimum absolute atomic E-state index is 0.113. The summed E-state index contributed by atoms with van der Waals surface area (Å²) in [6.07, 6.45) is 0. The zero-order valence-electron chi connectivity index (χ0n) is 8.19. The molecule has 8 heteroatoms. The molecule has 1 aromatic carbocycles. The van der Waals surface area contributed by atoms with Crippen LogP contribution in [-0.2, 0) is 16.6 Å². The third-order valence-electron chi connectivity index (χ3n) is 1.80. The van der Waals surface area contributed by atoms with Crippen LogP contribution in [-0.4, -0.2) is 13.6 Å². The summed E-state index contributed by atoms with van der Waals surface area (Å²) in [4.78, 5) is 3.86. The minimum atomic E-state index is -1.29. The molecule has 0 bridgehead atoms. The topological polar surface area (TPSA) is 42.9 Å². The van der Waals surface area contributed by atoms with Crippen LogP contribution in [0.5, 0.6) is 0 Å². The Morgan fingerprint density at radius 3 is 2.35 bits per heavy atom. The first kappa shape index (κ1) is 13.2. The molecule has 3 nitrogen and oxygen atoms in total. The molecule has 0 fully saturated rings. The van der Waals surface area contributed by atoms with Gasteiger partial charge in [0.05, 0.1) is 16.6 Å². The van der Waals surface area contributed by atoms with Crippen molar-refractivity contribution in [2.24, 2.45) is 0 Å². The fourth-order valence-electron chi connectivity index (χ4n) is 1.19. The van der Waals surface area contributed by atoms with Crippen LogP contribution in [0.4, 0.5) is 0 Å². The summed E-state index contributed by atoms with van der Waals surface area (Å²) in [5.41, 5.74) is 0.784. The van der Waals surface area contributed by atoms with Crippen LogP contribution in [0.1, 0.15) is 5.56 Å². The second kappa shape index (κ2) is 5.63. The maximum absolute atomic E-state index is 11.9. The van der Waals surface area contributed by atoms with Gasteiger partial charge in [0, 0.05) is 10.0 Å². The third-order valence-corrected chi connectivity index (χ3v) is 4.87. The molecular weight excluding hydrogens is 323 g/mol. The number of nitrogens with zero attached hydrogens (tertiary/aromatic N) is 2. The molecule has 0 spiro atoms. The fraction of sp³-hybridized carbons (Fsp3) is 0.111. The van der Waals surface area contributed by atoms with E-state index < -0.39 is 10.8 Å². The van der Waals surface area contributed by atoms with E-state index in [2.05, 4.69) is 9.36 Å². The molecule has 0 radical (unpaired) electrons. The average Bonchev–Trinajstić information content (AvgIpc) is 2.63. The van der Waals surface area contributed by atoms with E-state index in [1.165, 1.54) is 0 Å². The smallest absolute Gasteiger partial charge is 0.235 e. The van der Waals surface area contributed by atoms with E-state index in [1.54, 1.807) is 18.2 Å². The Bertz CT molecular complexity index is 553. The van der Waals surface area contributed by atoms with E-state index in [-0.39, 0.29) is 11.0 Å². The lowest BCUT2D eigenvalue weighted by atomic mass is 10.2. The number of hydrogen-bond donors (Lipinski definition) is 0. The summed E-state index contributed by atoms with van der Waals surface area (Å²) in [6.45, 7) is 0. The number of hydrogen-bond acceptors (Lipinski definition) is 4. The lowest BCUT2D eigenvalue weighted by Crippen LogP contribution is -1.96. The highest BCUT2D eigenvalue weighted by atomic mass is 35.5. The fourth-order valence-corrected chi connectivity index (χ4v) is 3.78. The van der Waals surface area contributed by atoms with Crippen molar-refractivity contribution in [1.29, 1.82) is 0 Å². The Morgan fingerprint density at radius 2 is 1.82 bits per heavy atom. The van der Waals surface area contributed by atoms with E-state index in [1.807, 2.05) is 0 Å². The molecule has 1 heterocycles. The molecule has 0 aliphatic heterocycles. The van der Waals surface area contributed by atoms with Crippen LogP contribution in [0.2, 0.25) is 15.3 Å². The maximum Gasteiger partial charge on any atom is 0.235 e. The zero-order chi connectivity index (χ0) is 12.4. The largest absolute Gasteiger partial charge is 0.251 e. The molecule has 1 atom stereocenters. The quantitative estimate of drug-likeness (QED) is 0.861. The van der Waals surface area contributed by atoms with Gasteiger partial charge in [0.1, 0.15) is 0 Å². The normalized spacial score (nSPS) is 12.6. The summed E-state index contributed by atoms with van der Waals surface area (Å²) in [6, 6.07) is 5.05. The highest BCUT2D eigenvalue weighted by molar-refractivity contribution is 7.86. The van der Waals surface area contributed by atoms with Gasteiger partial charge in [-0.15, -0.1) is 0 Å². The molecule has 17 heavy (non-hydrogen) atoms. The van der Waals surface area contributed by atoms with Gasteiger partial charge in [-0.2, -0.15) is 9.36 Å². The molecule has 0 N–H and O–H groups in total. The molecule has 2 rings (SSSR count). The van der Waals surface area contributed by atoms with Gasteiger partial charge in [0.25, 0.3) is 0 Å². The lowest BCUT2D eigenvalue weighted by Gasteiger charge is -2.01. The van der Waals surface area contributed by atoms with Gasteiger partial charge in [-0.25, -0.2) is 0 Å². The highest BCUT2D eigenvalue weighted by Crippen LogP contribution is 2.22. The minimum Gasteiger partial charge on any atom is -0.251 e. The summed E-state index contributed by atoms with van der Waals surface area (Å²) in [5, 5.41) is 1.14.